The molecule has 5 nitrogen and oxygen atoms in total. The molecule has 0 bridgehead atoms. The summed E-state index contributed by atoms with van der Waals surface area (Å²) in [5, 5.41) is 3.16. The number of fused-ring (bicyclic) bond motifs is 1. The number of nitrogens with zero attached hydrogens (tertiary/aromatic N) is 1. The monoisotopic (exact) mass is 391 g/mol. The summed E-state index contributed by atoms with van der Waals surface area (Å²) in [4.78, 5) is 25.1. The summed E-state index contributed by atoms with van der Waals surface area (Å²) < 4.78 is 7.50. The fourth-order valence-corrected chi connectivity index (χ4v) is 4.05. The van der Waals surface area contributed by atoms with Crippen molar-refractivity contribution in [2.75, 3.05) is 7.05 Å². The Bertz CT molecular complexity index is 914. The highest BCUT2D eigenvalue weighted by molar-refractivity contribution is 6.05. The molecule has 2 aliphatic carbocycles. The van der Waals surface area contributed by atoms with Crippen molar-refractivity contribution in [1.29, 1.82) is 0 Å². The predicted molar refractivity (Wildman–Crippen MR) is 113 cm³/mol. The lowest BCUT2D eigenvalue weighted by molar-refractivity contribution is -0.424. The third kappa shape index (κ3) is 4.39. The van der Waals surface area contributed by atoms with E-state index in [0.717, 1.165) is 24.1 Å². The van der Waals surface area contributed by atoms with E-state index in [1.54, 1.807) is 29.8 Å². The minimum absolute atomic E-state index is 0.0285. The third-order valence-electron chi connectivity index (χ3n) is 5.77. The van der Waals surface area contributed by atoms with Crippen molar-refractivity contribution in [3.63, 3.8) is 0 Å². The Labute approximate surface area is 171 Å². The maximum atomic E-state index is 12.6. The molecule has 1 N–H and O–H groups in total. The van der Waals surface area contributed by atoms with Gasteiger partial charge < -0.3 is 10.1 Å². The molecule has 5 heteroatoms. The first-order valence-corrected chi connectivity index (χ1v) is 10.4. The van der Waals surface area contributed by atoms with Gasteiger partial charge in [-0.2, -0.15) is 4.58 Å². The van der Waals surface area contributed by atoms with Crippen LogP contribution in [-0.4, -0.2) is 41.3 Å². The van der Waals surface area contributed by atoms with Crippen LogP contribution in [0.2, 0.25) is 0 Å². The number of rotatable bonds is 3. The SMILES string of the molecule is C[N+]1=C2C=CC=CC2O/C(=C\c2ccc(C(=O)NC3CCCCCC3)cc2)C1=O. The van der Waals surface area contributed by atoms with E-state index in [-0.39, 0.29) is 24.0 Å². The molecule has 1 heterocycles. The summed E-state index contributed by atoms with van der Waals surface area (Å²) in [5.74, 6) is 0.0995. The lowest BCUT2D eigenvalue weighted by Gasteiger charge is -2.21. The number of nitrogens with one attached hydrogen (secondary N) is 1. The second-order valence-electron chi connectivity index (χ2n) is 7.86. The van der Waals surface area contributed by atoms with E-state index in [0.29, 0.717) is 11.3 Å². The van der Waals surface area contributed by atoms with Crippen molar-refractivity contribution >= 4 is 23.6 Å². The van der Waals surface area contributed by atoms with Crippen molar-refractivity contribution in [1.82, 2.24) is 5.32 Å². The fourth-order valence-electron chi connectivity index (χ4n) is 4.05. The van der Waals surface area contributed by atoms with E-state index in [1.807, 2.05) is 36.4 Å². The molecule has 1 aromatic carbocycles. The van der Waals surface area contributed by atoms with Crippen LogP contribution >= 0.6 is 0 Å². The molecule has 4 rings (SSSR count). The molecule has 0 spiro atoms. The van der Waals surface area contributed by atoms with Crippen molar-refractivity contribution in [2.24, 2.45) is 0 Å². The molecule has 0 aromatic heterocycles. The normalized spacial score (nSPS) is 23.6. The van der Waals surface area contributed by atoms with Gasteiger partial charge in [-0.3, -0.25) is 4.79 Å². The Morgan fingerprint density at radius 3 is 2.55 bits per heavy atom. The largest absolute Gasteiger partial charge is 0.465 e. The molecule has 150 valence electrons. The maximum absolute atomic E-state index is 12.6. The van der Waals surface area contributed by atoms with Gasteiger partial charge in [-0.25, -0.2) is 4.79 Å². The fraction of sp³-hybridized carbons (Fsp3) is 0.375. The topological polar surface area (TPSA) is 58.4 Å². The van der Waals surface area contributed by atoms with E-state index in [4.69, 9.17) is 4.74 Å². The summed E-state index contributed by atoms with van der Waals surface area (Å²) in [6.45, 7) is 0. The summed E-state index contributed by atoms with van der Waals surface area (Å²) in [6.07, 6.45) is 16.1. The molecule has 0 saturated heterocycles. The van der Waals surface area contributed by atoms with Crippen LogP contribution in [0.1, 0.15) is 54.4 Å². The second-order valence-corrected chi connectivity index (χ2v) is 7.86. The zero-order valence-electron chi connectivity index (χ0n) is 16.8. The molecule has 1 unspecified atom stereocenters. The Kier molecular flexibility index (Phi) is 5.74. The van der Waals surface area contributed by atoms with E-state index in [1.165, 1.54) is 25.7 Å². The number of likely N-dealkylation sites (N-methyl/N-ethyl adjacent to an activating group) is 1. The zero-order chi connectivity index (χ0) is 20.2. The van der Waals surface area contributed by atoms with Gasteiger partial charge in [-0.1, -0.05) is 50.0 Å². The molecule has 1 aromatic rings. The molecule has 3 aliphatic rings. The Morgan fingerprint density at radius 2 is 1.83 bits per heavy atom. The quantitative estimate of drug-likeness (QED) is 0.486. The second kappa shape index (κ2) is 8.60. The van der Waals surface area contributed by atoms with Gasteiger partial charge in [0.25, 0.3) is 5.91 Å². The van der Waals surface area contributed by atoms with Gasteiger partial charge in [-0.15, -0.1) is 0 Å². The van der Waals surface area contributed by atoms with E-state index in [9.17, 15) is 9.59 Å². The number of benzene rings is 1. The number of carbonyl (C=O) groups is 2. The average Bonchev–Trinajstić information content (AvgIpc) is 3.01. The van der Waals surface area contributed by atoms with Crippen LogP contribution in [0.4, 0.5) is 0 Å². The van der Waals surface area contributed by atoms with Gasteiger partial charge in [-0.05, 0) is 42.7 Å². The van der Waals surface area contributed by atoms with Gasteiger partial charge in [0, 0.05) is 17.7 Å². The Balaban J connectivity index is 1.46. The zero-order valence-corrected chi connectivity index (χ0v) is 16.8. The number of allylic oxidation sites excluding steroid dienone is 2. The van der Waals surface area contributed by atoms with Crippen LogP contribution in [0.15, 0.2) is 54.3 Å². The van der Waals surface area contributed by atoms with Crippen LogP contribution in [0.25, 0.3) is 6.08 Å². The highest BCUT2D eigenvalue weighted by Gasteiger charge is 2.37. The van der Waals surface area contributed by atoms with Crippen LogP contribution in [0, 0.1) is 0 Å². The summed E-state index contributed by atoms with van der Waals surface area (Å²) in [7, 11) is 1.76. The Hall–Kier alpha value is -2.95. The molecule has 1 atom stereocenters. The minimum atomic E-state index is -0.251. The standard InChI is InChI=1S/C24H26N2O3/c1-26-20-10-6-7-11-21(20)29-22(24(26)28)16-17-12-14-18(15-13-17)23(27)25-19-8-4-2-3-5-9-19/h6-7,10-16,19,21H,2-5,8-9H2,1H3/p+1/b22-16-. The molecular formula is C24H27N2O3+. The summed E-state index contributed by atoms with van der Waals surface area (Å²) >= 11 is 0. The Morgan fingerprint density at radius 1 is 1.10 bits per heavy atom. The van der Waals surface area contributed by atoms with Crippen molar-refractivity contribution in [2.45, 2.75) is 50.7 Å². The molecule has 1 saturated carbocycles. The lowest BCUT2D eigenvalue weighted by Crippen LogP contribution is -2.40. The van der Waals surface area contributed by atoms with Gasteiger partial charge in [0.05, 0.1) is 0 Å². The van der Waals surface area contributed by atoms with Gasteiger partial charge in [0.2, 0.25) is 17.6 Å². The first-order valence-electron chi connectivity index (χ1n) is 10.4. The highest BCUT2D eigenvalue weighted by atomic mass is 16.5. The molecule has 0 radical (unpaired) electrons. The number of ether oxygens (including phenoxy) is 1. The average molecular weight is 391 g/mol. The van der Waals surface area contributed by atoms with Crippen molar-refractivity contribution in [3.8, 4) is 0 Å². The number of carbonyl (C=O) groups excluding carboxylic acids is 2. The number of hydrogen-bond acceptors (Lipinski definition) is 3. The van der Waals surface area contributed by atoms with Crippen LogP contribution in [0.3, 0.4) is 0 Å². The van der Waals surface area contributed by atoms with Crippen molar-refractivity contribution < 1.29 is 18.9 Å². The minimum Gasteiger partial charge on any atom is -0.465 e. The van der Waals surface area contributed by atoms with Gasteiger partial charge in [0.1, 0.15) is 7.05 Å². The molecule has 1 fully saturated rings. The third-order valence-corrected chi connectivity index (χ3v) is 5.77. The first-order chi connectivity index (χ1) is 14.1. The van der Waals surface area contributed by atoms with Crippen molar-refractivity contribution in [3.05, 3.63) is 65.5 Å². The highest BCUT2D eigenvalue weighted by Crippen LogP contribution is 2.21. The molecule has 2 amide bonds. The van der Waals surface area contributed by atoms with Crippen LogP contribution in [-0.2, 0) is 9.53 Å². The number of hydrogen-bond donors (Lipinski definition) is 1. The lowest BCUT2D eigenvalue weighted by atomic mass is 10.1. The van der Waals surface area contributed by atoms with E-state index >= 15 is 0 Å². The van der Waals surface area contributed by atoms with Crippen LogP contribution in [0.5, 0.6) is 0 Å². The van der Waals surface area contributed by atoms with Gasteiger partial charge >= 0.3 is 5.91 Å². The molecule has 1 aliphatic heterocycles. The smallest absolute Gasteiger partial charge is 0.454 e. The van der Waals surface area contributed by atoms with Gasteiger partial charge in [0.15, 0.2) is 0 Å². The van der Waals surface area contributed by atoms with E-state index < -0.39 is 0 Å². The number of amides is 2. The summed E-state index contributed by atoms with van der Waals surface area (Å²) in [6, 6.07) is 7.58. The predicted octanol–water partition coefficient (Wildman–Crippen LogP) is 3.61. The molecule has 29 heavy (non-hydrogen) atoms. The van der Waals surface area contributed by atoms with E-state index in [2.05, 4.69) is 5.32 Å². The van der Waals surface area contributed by atoms with Crippen LogP contribution < -0.4 is 5.32 Å². The molecular weight excluding hydrogens is 364 g/mol. The summed E-state index contributed by atoms with van der Waals surface area (Å²) in [5.41, 5.74) is 2.30. The first kappa shape index (κ1) is 19.4. The maximum Gasteiger partial charge on any atom is 0.454 e.